The first kappa shape index (κ1) is 33.9. The number of epoxide rings is 1. The first-order valence-electron chi connectivity index (χ1n) is 15.0. The third kappa shape index (κ3) is 7.54. The van der Waals surface area contributed by atoms with Crippen molar-refractivity contribution in [1.29, 1.82) is 0 Å². The molecular weight excluding hydrogens is 659 g/mol. The Morgan fingerprint density at radius 1 is 1.21 bits per heavy atom. The van der Waals surface area contributed by atoms with E-state index in [1.807, 2.05) is 6.92 Å². The van der Waals surface area contributed by atoms with E-state index in [4.69, 9.17) is 29.0 Å². The molecule has 0 spiro atoms. The SMILES string of the molecule is Cc1ccc(OP(=O)(NCC2OC2OC2CCC2)OCC2OC(n3cnc4c(N(C)NS(C)(=O)=O)nc(N)nc43)[C@](C)(O)[C@@H]2O)cc1. The van der Waals surface area contributed by atoms with Crippen LogP contribution < -0.4 is 25.2 Å². The molecular formula is C27H39N8O10PS. The minimum atomic E-state index is -4.08. The molecule has 3 aromatic rings. The summed E-state index contributed by atoms with van der Waals surface area (Å²) in [6, 6.07) is 6.90. The number of hydrazine groups is 1. The summed E-state index contributed by atoms with van der Waals surface area (Å²) >= 11 is 0. The van der Waals surface area contributed by atoms with Gasteiger partial charge in [0, 0.05) is 13.6 Å². The van der Waals surface area contributed by atoms with E-state index in [9.17, 15) is 23.2 Å². The van der Waals surface area contributed by atoms with E-state index >= 15 is 0 Å². The second-order valence-corrected chi connectivity index (χ2v) is 15.6. The molecule has 20 heteroatoms. The van der Waals surface area contributed by atoms with Gasteiger partial charge in [-0.1, -0.05) is 17.7 Å². The van der Waals surface area contributed by atoms with Gasteiger partial charge in [0.15, 0.2) is 29.5 Å². The molecule has 1 aliphatic carbocycles. The van der Waals surface area contributed by atoms with E-state index < -0.39 is 54.7 Å². The Bertz CT molecular complexity index is 1760. The van der Waals surface area contributed by atoms with Crippen LogP contribution in [0.25, 0.3) is 11.2 Å². The van der Waals surface area contributed by atoms with Gasteiger partial charge in [0.1, 0.15) is 29.7 Å². The standard InChI is InChI=1S/C27H39N8O10PS/c1-15-8-10-17(11-9-15)45-46(38,30-12-18-24(43-18)42-16-6-5-7-16)41-13-19-21(36)27(2,37)25(44-19)35-14-29-20-22(31-26(28)32-23(20)35)34(3)33-47(4,39)40/h8-11,14,16,18-19,21,24-25,33,36-37H,5-7,12-13H2,1-4H3,(H,30,38)(H2,28,31,32)/t18?,19?,21-,24?,25?,27-,46?/m1/s1. The Hall–Kier alpha value is -2.97. The molecule has 0 bridgehead atoms. The topological polar surface area (TPSA) is 238 Å². The minimum Gasteiger partial charge on any atom is -0.413 e. The number of nitrogens with zero attached hydrogens (tertiary/aromatic N) is 5. The summed E-state index contributed by atoms with van der Waals surface area (Å²) in [6.45, 7) is 2.92. The molecule has 2 aliphatic heterocycles. The van der Waals surface area contributed by atoms with Crippen LogP contribution in [0.5, 0.6) is 5.75 Å². The number of fused-ring (bicyclic) bond motifs is 1. The Kier molecular flexibility index (Phi) is 9.24. The monoisotopic (exact) mass is 698 g/mol. The van der Waals surface area contributed by atoms with Crippen LogP contribution in [0.3, 0.4) is 0 Å². The smallest absolute Gasteiger partial charge is 0.413 e. The lowest BCUT2D eigenvalue weighted by Gasteiger charge is -2.27. The highest BCUT2D eigenvalue weighted by Crippen LogP contribution is 2.47. The predicted molar refractivity (Wildman–Crippen MR) is 167 cm³/mol. The van der Waals surface area contributed by atoms with Crippen LogP contribution in [-0.2, 0) is 33.3 Å². The molecule has 0 amide bonds. The first-order chi connectivity index (χ1) is 22.1. The van der Waals surface area contributed by atoms with E-state index in [0.717, 1.165) is 36.1 Å². The van der Waals surface area contributed by atoms with Crippen molar-refractivity contribution >= 4 is 40.7 Å². The summed E-state index contributed by atoms with van der Waals surface area (Å²) in [5.41, 5.74) is 5.20. The van der Waals surface area contributed by atoms with Crippen LogP contribution in [0.1, 0.15) is 38.0 Å². The number of nitrogens with two attached hydrogens (primary N) is 1. The van der Waals surface area contributed by atoms with Gasteiger partial charge in [-0.15, -0.1) is 4.83 Å². The lowest BCUT2D eigenvalue weighted by molar-refractivity contribution is -0.0948. The Morgan fingerprint density at radius 2 is 1.94 bits per heavy atom. The number of nitrogen functional groups attached to an aromatic ring is 1. The quantitative estimate of drug-likeness (QED) is 0.0885. The fourth-order valence-corrected chi connectivity index (χ4v) is 7.23. The summed E-state index contributed by atoms with van der Waals surface area (Å²) in [7, 11) is -6.35. The number of aromatic nitrogens is 4. The van der Waals surface area contributed by atoms with Crippen LogP contribution in [-0.4, -0.2) is 101 Å². The van der Waals surface area contributed by atoms with E-state index in [-0.39, 0.29) is 47.4 Å². The molecule has 4 heterocycles. The molecule has 5 unspecified atom stereocenters. The Balaban J connectivity index is 1.18. The van der Waals surface area contributed by atoms with Crippen LogP contribution >= 0.6 is 7.75 Å². The maximum atomic E-state index is 14.0. The summed E-state index contributed by atoms with van der Waals surface area (Å²) in [4.78, 5) is 14.9. The van der Waals surface area contributed by atoms with Crippen molar-refractivity contribution in [2.24, 2.45) is 0 Å². The van der Waals surface area contributed by atoms with Crippen molar-refractivity contribution in [3.05, 3.63) is 36.2 Å². The molecule has 258 valence electrons. The van der Waals surface area contributed by atoms with Gasteiger partial charge in [0.05, 0.1) is 25.3 Å². The number of anilines is 2. The van der Waals surface area contributed by atoms with Gasteiger partial charge < -0.3 is 34.7 Å². The molecule has 7 atom stereocenters. The molecule has 18 nitrogen and oxygen atoms in total. The van der Waals surface area contributed by atoms with Crippen LogP contribution in [0, 0.1) is 6.92 Å². The molecule has 6 N–H and O–H groups in total. The molecule has 0 radical (unpaired) electrons. The molecule has 1 aromatic carbocycles. The van der Waals surface area contributed by atoms with Gasteiger partial charge in [0.2, 0.25) is 16.0 Å². The normalized spacial score (nSPS) is 29.0. The van der Waals surface area contributed by atoms with Crippen LogP contribution in [0.15, 0.2) is 30.6 Å². The zero-order valence-electron chi connectivity index (χ0n) is 26.2. The van der Waals surface area contributed by atoms with Gasteiger partial charge in [-0.05, 0) is 45.2 Å². The number of sulfonamides is 1. The number of aliphatic hydroxyl groups is 2. The van der Waals surface area contributed by atoms with Crippen molar-refractivity contribution in [3.8, 4) is 5.75 Å². The predicted octanol–water partition coefficient (Wildman–Crippen LogP) is 0.714. The molecule has 6 rings (SSSR count). The van der Waals surface area contributed by atoms with E-state index in [1.54, 1.807) is 24.3 Å². The van der Waals surface area contributed by atoms with Gasteiger partial charge >= 0.3 is 7.75 Å². The number of rotatable bonds is 14. The first-order valence-corrected chi connectivity index (χ1v) is 18.4. The number of aliphatic hydroxyl groups excluding tert-OH is 1. The van der Waals surface area contributed by atoms with E-state index in [0.29, 0.717) is 0 Å². The number of hydrogen-bond donors (Lipinski definition) is 5. The Labute approximate surface area is 271 Å². The highest BCUT2D eigenvalue weighted by atomic mass is 32.2. The zero-order valence-corrected chi connectivity index (χ0v) is 27.9. The van der Waals surface area contributed by atoms with Crippen molar-refractivity contribution in [3.63, 3.8) is 0 Å². The minimum absolute atomic E-state index is 0.0370. The fourth-order valence-electron chi connectivity index (χ4n) is 5.30. The van der Waals surface area contributed by atoms with Crippen molar-refractivity contribution in [1.82, 2.24) is 29.4 Å². The second-order valence-electron chi connectivity index (χ2n) is 12.1. The highest BCUT2D eigenvalue weighted by Gasteiger charge is 2.54. The third-order valence-electron chi connectivity index (χ3n) is 8.10. The lowest BCUT2D eigenvalue weighted by atomic mass is 9.96. The molecule has 3 aliphatic rings. The molecule has 1 saturated carbocycles. The van der Waals surface area contributed by atoms with E-state index in [1.165, 1.54) is 24.9 Å². The number of benzene rings is 1. The average molecular weight is 699 g/mol. The number of nitrogens with one attached hydrogen (secondary N) is 2. The number of imidazole rings is 1. The van der Waals surface area contributed by atoms with Crippen LogP contribution in [0.2, 0.25) is 0 Å². The maximum Gasteiger partial charge on any atom is 0.458 e. The average Bonchev–Trinajstić information content (AvgIpc) is 3.53. The third-order valence-corrected chi connectivity index (χ3v) is 10.2. The maximum absolute atomic E-state index is 14.0. The summed E-state index contributed by atoms with van der Waals surface area (Å²) in [6.07, 6.45) is 0.788. The summed E-state index contributed by atoms with van der Waals surface area (Å²) in [5.74, 6) is 0.112. The number of hydrogen-bond acceptors (Lipinski definition) is 15. The Morgan fingerprint density at radius 3 is 2.60 bits per heavy atom. The van der Waals surface area contributed by atoms with Gasteiger partial charge in [-0.2, -0.15) is 9.97 Å². The zero-order chi connectivity index (χ0) is 33.7. The summed E-state index contributed by atoms with van der Waals surface area (Å²) in [5, 5.41) is 26.5. The van der Waals surface area contributed by atoms with Crippen molar-refractivity contribution < 1.29 is 46.5 Å². The molecule has 2 saturated heterocycles. The van der Waals surface area contributed by atoms with Crippen molar-refractivity contribution in [2.75, 3.05) is 37.2 Å². The fraction of sp³-hybridized carbons (Fsp3) is 0.593. The second kappa shape index (κ2) is 12.8. The van der Waals surface area contributed by atoms with Crippen LogP contribution in [0.4, 0.5) is 11.8 Å². The largest absolute Gasteiger partial charge is 0.458 e. The highest BCUT2D eigenvalue weighted by molar-refractivity contribution is 7.88. The number of aryl methyl sites for hydroxylation is 1. The van der Waals surface area contributed by atoms with Gasteiger partial charge in [0.25, 0.3) is 0 Å². The van der Waals surface area contributed by atoms with Gasteiger partial charge in [-0.25, -0.2) is 23.1 Å². The number of ether oxygens (including phenoxy) is 3. The van der Waals surface area contributed by atoms with Crippen molar-refractivity contribution in [2.45, 2.75) is 75.6 Å². The molecule has 2 aromatic heterocycles. The van der Waals surface area contributed by atoms with E-state index in [2.05, 4.69) is 24.9 Å². The lowest BCUT2D eigenvalue weighted by Crippen LogP contribution is -2.44. The summed E-state index contributed by atoms with van der Waals surface area (Å²) < 4.78 is 68.0. The molecule has 47 heavy (non-hydrogen) atoms. The van der Waals surface area contributed by atoms with Gasteiger partial charge in [-0.3, -0.25) is 14.1 Å². The molecule has 3 fully saturated rings.